The largest absolute Gasteiger partial charge is 0.341 e. The normalized spacial score (nSPS) is 12.1. The van der Waals surface area contributed by atoms with Crippen molar-refractivity contribution >= 4 is 23.0 Å². The molecular formula is C22H31N3S. The summed E-state index contributed by atoms with van der Waals surface area (Å²) in [5, 5.41) is 4.30. The molecule has 0 saturated carbocycles. The lowest BCUT2D eigenvalue weighted by molar-refractivity contribution is 0.313. The summed E-state index contributed by atoms with van der Waals surface area (Å²) in [6, 6.07) is 12.6. The summed E-state index contributed by atoms with van der Waals surface area (Å²) < 4.78 is 0. The number of aromatic nitrogens is 1. The average molecular weight is 370 g/mol. The Morgan fingerprint density at radius 1 is 1.15 bits per heavy atom. The molecule has 0 aliphatic rings. The molecule has 3 nitrogen and oxygen atoms in total. The van der Waals surface area contributed by atoms with Crippen LogP contribution in [0.3, 0.4) is 0 Å². The lowest BCUT2D eigenvalue weighted by atomic mass is 10.1. The number of nitrogens with one attached hydrogen (secondary N) is 1. The molecule has 1 N–H and O–H groups in total. The maximum absolute atomic E-state index is 5.84. The van der Waals surface area contributed by atoms with E-state index in [9.17, 15) is 0 Å². The van der Waals surface area contributed by atoms with Crippen LogP contribution < -0.4 is 5.32 Å². The van der Waals surface area contributed by atoms with Gasteiger partial charge in [0.15, 0.2) is 5.11 Å². The molecule has 1 heterocycles. The van der Waals surface area contributed by atoms with Crippen LogP contribution in [-0.4, -0.2) is 21.5 Å². The first-order valence-electron chi connectivity index (χ1n) is 9.51. The zero-order chi connectivity index (χ0) is 19.1. The van der Waals surface area contributed by atoms with E-state index in [1.54, 1.807) is 0 Å². The van der Waals surface area contributed by atoms with E-state index >= 15 is 0 Å². The van der Waals surface area contributed by atoms with E-state index in [-0.39, 0.29) is 6.04 Å². The van der Waals surface area contributed by atoms with Gasteiger partial charge in [0, 0.05) is 18.4 Å². The van der Waals surface area contributed by atoms with Gasteiger partial charge >= 0.3 is 0 Å². The van der Waals surface area contributed by atoms with Gasteiger partial charge in [-0.2, -0.15) is 0 Å². The van der Waals surface area contributed by atoms with Gasteiger partial charge in [0.1, 0.15) is 0 Å². The van der Waals surface area contributed by atoms with Crippen molar-refractivity contribution < 1.29 is 0 Å². The average Bonchev–Trinajstić information content (AvgIpc) is 2.63. The number of para-hydroxylation sites is 1. The lowest BCUT2D eigenvalue weighted by Crippen LogP contribution is -2.38. The molecule has 4 heteroatoms. The Bertz CT molecular complexity index is 713. The number of rotatable bonds is 7. The number of thiocarbonyl (C=S) groups is 1. The summed E-state index contributed by atoms with van der Waals surface area (Å²) in [4.78, 5) is 6.81. The van der Waals surface area contributed by atoms with Crippen LogP contribution >= 0.6 is 12.2 Å². The van der Waals surface area contributed by atoms with E-state index in [0.717, 1.165) is 35.9 Å². The Kier molecular flexibility index (Phi) is 7.58. The standard InChI is InChI=1S/C22H31N3S/c1-6-19-11-9-10-17(4)21(19)24-22(26)25(15-13-16(2)3)18(5)20-12-7-8-14-23-20/h7-12,14,16,18H,6,13,15H2,1-5H3,(H,24,26)/t18-/m1/s1. The van der Waals surface area contributed by atoms with Crippen molar-refractivity contribution in [3.05, 3.63) is 59.4 Å². The minimum Gasteiger partial charge on any atom is -0.341 e. The van der Waals surface area contributed by atoms with Crippen LogP contribution in [-0.2, 0) is 6.42 Å². The van der Waals surface area contributed by atoms with Crippen molar-refractivity contribution in [3.63, 3.8) is 0 Å². The van der Waals surface area contributed by atoms with Crippen LogP contribution in [0.15, 0.2) is 42.6 Å². The number of benzene rings is 1. The molecule has 1 aromatic heterocycles. The number of pyridine rings is 1. The number of hydrogen-bond acceptors (Lipinski definition) is 2. The summed E-state index contributed by atoms with van der Waals surface area (Å²) in [6.07, 6.45) is 3.92. The topological polar surface area (TPSA) is 28.2 Å². The molecule has 0 spiro atoms. The Hall–Kier alpha value is -1.94. The van der Waals surface area contributed by atoms with E-state index < -0.39 is 0 Å². The Labute approximate surface area is 163 Å². The molecule has 1 atom stereocenters. The first kappa shape index (κ1) is 20.4. The summed E-state index contributed by atoms with van der Waals surface area (Å²) in [5.74, 6) is 0.626. The molecule has 0 aliphatic heterocycles. The SMILES string of the molecule is CCc1cccc(C)c1NC(=S)N(CCC(C)C)[C@H](C)c1ccccn1. The summed E-state index contributed by atoms with van der Waals surface area (Å²) >= 11 is 5.84. The Morgan fingerprint density at radius 3 is 2.54 bits per heavy atom. The van der Waals surface area contributed by atoms with Crippen LogP contribution in [0, 0.1) is 12.8 Å². The van der Waals surface area contributed by atoms with Gasteiger partial charge in [-0.05, 0) is 68.1 Å². The van der Waals surface area contributed by atoms with Crippen LogP contribution in [0.4, 0.5) is 5.69 Å². The zero-order valence-corrected chi connectivity index (χ0v) is 17.4. The number of anilines is 1. The maximum atomic E-state index is 5.84. The second kappa shape index (κ2) is 9.67. The number of hydrogen-bond donors (Lipinski definition) is 1. The van der Waals surface area contributed by atoms with E-state index in [0.29, 0.717) is 5.92 Å². The fourth-order valence-corrected chi connectivity index (χ4v) is 3.38. The van der Waals surface area contributed by atoms with Crippen LogP contribution in [0.2, 0.25) is 0 Å². The van der Waals surface area contributed by atoms with E-state index in [1.807, 2.05) is 18.3 Å². The molecular weight excluding hydrogens is 338 g/mol. The van der Waals surface area contributed by atoms with Gasteiger partial charge in [-0.15, -0.1) is 0 Å². The smallest absolute Gasteiger partial charge is 0.173 e. The van der Waals surface area contributed by atoms with Gasteiger partial charge in [0.25, 0.3) is 0 Å². The van der Waals surface area contributed by atoms with Gasteiger partial charge < -0.3 is 10.2 Å². The quantitative estimate of drug-likeness (QED) is 0.628. The highest BCUT2D eigenvalue weighted by Gasteiger charge is 2.21. The Morgan fingerprint density at radius 2 is 1.92 bits per heavy atom. The minimum atomic E-state index is 0.129. The van der Waals surface area contributed by atoms with E-state index in [2.05, 4.69) is 74.1 Å². The molecule has 26 heavy (non-hydrogen) atoms. The molecule has 0 saturated heterocycles. The van der Waals surface area contributed by atoms with Gasteiger partial charge in [-0.3, -0.25) is 4.98 Å². The third kappa shape index (κ3) is 5.28. The highest BCUT2D eigenvalue weighted by molar-refractivity contribution is 7.80. The van der Waals surface area contributed by atoms with Crippen LogP contribution in [0.5, 0.6) is 0 Å². The fourth-order valence-electron chi connectivity index (χ4n) is 3.03. The van der Waals surface area contributed by atoms with Crippen molar-refractivity contribution in [3.8, 4) is 0 Å². The molecule has 0 fully saturated rings. The highest BCUT2D eigenvalue weighted by Crippen LogP contribution is 2.25. The van der Waals surface area contributed by atoms with Gasteiger partial charge in [-0.25, -0.2) is 0 Å². The number of aryl methyl sites for hydroxylation is 2. The predicted molar refractivity (Wildman–Crippen MR) is 116 cm³/mol. The minimum absolute atomic E-state index is 0.129. The third-order valence-corrected chi connectivity index (χ3v) is 5.10. The summed E-state index contributed by atoms with van der Waals surface area (Å²) in [7, 11) is 0. The highest BCUT2D eigenvalue weighted by atomic mass is 32.1. The molecule has 0 aliphatic carbocycles. The van der Waals surface area contributed by atoms with E-state index in [4.69, 9.17) is 12.2 Å². The lowest BCUT2D eigenvalue weighted by Gasteiger charge is -2.33. The summed E-state index contributed by atoms with van der Waals surface area (Å²) in [5.41, 5.74) is 4.70. The van der Waals surface area contributed by atoms with Gasteiger partial charge in [0.05, 0.1) is 11.7 Å². The second-order valence-corrected chi connectivity index (χ2v) is 7.59. The third-order valence-electron chi connectivity index (χ3n) is 4.76. The Balaban J connectivity index is 2.26. The number of nitrogens with zero attached hydrogens (tertiary/aromatic N) is 2. The van der Waals surface area contributed by atoms with Gasteiger partial charge in [0.2, 0.25) is 0 Å². The van der Waals surface area contributed by atoms with E-state index in [1.165, 1.54) is 11.1 Å². The van der Waals surface area contributed by atoms with Crippen LogP contribution in [0.25, 0.3) is 0 Å². The molecule has 0 bridgehead atoms. The first-order valence-corrected chi connectivity index (χ1v) is 9.91. The summed E-state index contributed by atoms with van der Waals surface area (Å²) in [6.45, 7) is 11.9. The molecule has 0 radical (unpaired) electrons. The monoisotopic (exact) mass is 369 g/mol. The molecule has 0 unspecified atom stereocenters. The van der Waals surface area contributed by atoms with Gasteiger partial charge in [-0.1, -0.05) is 45.0 Å². The van der Waals surface area contributed by atoms with Crippen LogP contribution in [0.1, 0.15) is 57.0 Å². The van der Waals surface area contributed by atoms with Crippen molar-refractivity contribution in [1.29, 1.82) is 0 Å². The predicted octanol–water partition coefficient (Wildman–Crippen LogP) is 5.76. The first-order chi connectivity index (χ1) is 12.4. The molecule has 2 rings (SSSR count). The molecule has 140 valence electrons. The maximum Gasteiger partial charge on any atom is 0.173 e. The zero-order valence-electron chi connectivity index (χ0n) is 16.6. The van der Waals surface area contributed by atoms with Crippen molar-refractivity contribution in [2.45, 2.75) is 53.5 Å². The van der Waals surface area contributed by atoms with Crippen molar-refractivity contribution in [2.24, 2.45) is 5.92 Å². The van der Waals surface area contributed by atoms with Crippen molar-refractivity contribution in [2.75, 3.05) is 11.9 Å². The molecule has 0 amide bonds. The molecule has 2 aromatic rings. The fraction of sp³-hybridized carbons (Fsp3) is 0.455. The second-order valence-electron chi connectivity index (χ2n) is 7.20. The molecule has 1 aromatic carbocycles. The van der Waals surface area contributed by atoms with Crippen molar-refractivity contribution in [1.82, 2.24) is 9.88 Å².